The molecular weight excluding hydrogens is 300 g/mol. The lowest BCUT2D eigenvalue weighted by Crippen LogP contribution is -2.13. The molecule has 0 saturated heterocycles. The fraction of sp³-hybridized carbons (Fsp3) is 0.0714. The van der Waals surface area contributed by atoms with Crippen LogP contribution in [0.5, 0.6) is 0 Å². The number of carbonyl (C=O) groups excluding carboxylic acids is 1. The SMILES string of the molecule is Cc1cccnc1Nc1nc(-c2ncccc2C(N)=O)ns1. The van der Waals surface area contributed by atoms with Crippen LogP contribution < -0.4 is 11.1 Å². The minimum Gasteiger partial charge on any atom is -0.366 e. The van der Waals surface area contributed by atoms with Crippen molar-refractivity contribution in [3.05, 3.63) is 47.8 Å². The summed E-state index contributed by atoms with van der Waals surface area (Å²) in [5, 5.41) is 3.67. The topological polar surface area (TPSA) is 107 Å². The lowest BCUT2D eigenvalue weighted by Gasteiger charge is -2.03. The van der Waals surface area contributed by atoms with Crippen molar-refractivity contribution in [1.29, 1.82) is 0 Å². The maximum atomic E-state index is 11.4. The highest BCUT2D eigenvalue weighted by Gasteiger charge is 2.16. The van der Waals surface area contributed by atoms with E-state index in [4.69, 9.17) is 5.73 Å². The van der Waals surface area contributed by atoms with Crippen LogP contribution in [-0.2, 0) is 0 Å². The molecule has 0 aliphatic rings. The molecule has 0 radical (unpaired) electrons. The molecule has 3 N–H and O–H groups in total. The predicted octanol–water partition coefficient (Wildman–Crippen LogP) is 2.15. The van der Waals surface area contributed by atoms with Crippen molar-refractivity contribution in [3.8, 4) is 11.5 Å². The van der Waals surface area contributed by atoms with E-state index in [1.54, 1.807) is 24.5 Å². The van der Waals surface area contributed by atoms with Crippen molar-refractivity contribution in [2.45, 2.75) is 6.92 Å². The van der Waals surface area contributed by atoms with Gasteiger partial charge < -0.3 is 11.1 Å². The number of hydrogen-bond donors (Lipinski definition) is 2. The summed E-state index contributed by atoms with van der Waals surface area (Å²) in [5.41, 5.74) is 7.01. The first-order valence-electron chi connectivity index (χ1n) is 6.42. The van der Waals surface area contributed by atoms with Crippen molar-refractivity contribution >= 4 is 28.4 Å². The third kappa shape index (κ3) is 2.77. The average Bonchev–Trinajstić information content (AvgIpc) is 2.98. The second-order valence-electron chi connectivity index (χ2n) is 4.48. The van der Waals surface area contributed by atoms with Crippen LogP contribution in [0.25, 0.3) is 11.5 Å². The quantitative estimate of drug-likeness (QED) is 0.764. The van der Waals surface area contributed by atoms with E-state index in [-0.39, 0.29) is 0 Å². The predicted molar refractivity (Wildman–Crippen MR) is 83.9 cm³/mol. The smallest absolute Gasteiger partial charge is 0.251 e. The summed E-state index contributed by atoms with van der Waals surface area (Å²) in [7, 11) is 0. The normalized spacial score (nSPS) is 10.4. The first kappa shape index (κ1) is 14.1. The number of amides is 1. The lowest BCUT2D eigenvalue weighted by molar-refractivity contribution is 0.100. The first-order chi connectivity index (χ1) is 10.6. The highest BCUT2D eigenvalue weighted by molar-refractivity contribution is 7.09. The van der Waals surface area contributed by atoms with Gasteiger partial charge in [0.25, 0.3) is 5.91 Å². The van der Waals surface area contributed by atoms with Gasteiger partial charge in [-0.1, -0.05) is 6.07 Å². The summed E-state index contributed by atoms with van der Waals surface area (Å²) < 4.78 is 4.23. The molecule has 3 aromatic rings. The van der Waals surface area contributed by atoms with Crippen LogP contribution in [0, 0.1) is 6.92 Å². The van der Waals surface area contributed by atoms with Gasteiger partial charge in [0.15, 0.2) is 5.82 Å². The highest BCUT2D eigenvalue weighted by atomic mass is 32.1. The molecule has 0 atom stereocenters. The molecule has 110 valence electrons. The molecule has 0 fully saturated rings. The summed E-state index contributed by atoms with van der Waals surface area (Å²) in [6.45, 7) is 1.95. The maximum absolute atomic E-state index is 11.4. The number of nitrogens with two attached hydrogens (primary N) is 1. The van der Waals surface area contributed by atoms with Gasteiger partial charge in [0.1, 0.15) is 11.5 Å². The fourth-order valence-corrected chi connectivity index (χ4v) is 2.44. The van der Waals surface area contributed by atoms with Gasteiger partial charge in [-0.15, -0.1) is 0 Å². The molecule has 0 aliphatic carbocycles. The van der Waals surface area contributed by atoms with Crippen molar-refractivity contribution in [2.24, 2.45) is 5.73 Å². The number of carbonyl (C=O) groups is 1. The summed E-state index contributed by atoms with van der Waals surface area (Å²) in [6, 6.07) is 7.05. The first-order valence-corrected chi connectivity index (χ1v) is 7.20. The number of primary amides is 1. The van der Waals surface area contributed by atoms with E-state index in [2.05, 4.69) is 24.6 Å². The Kier molecular flexibility index (Phi) is 3.75. The molecule has 1 amide bonds. The van der Waals surface area contributed by atoms with Crippen molar-refractivity contribution in [1.82, 2.24) is 19.3 Å². The van der Waals surface area contributed by atoms with E-state index in [1.165, 1.54) is 0 Å². The van der Waals surface area contributed by atoms with Gasteiger partial charge in [0, 0.05) is 23.9 Å². The maximum Gasteiger partial charge on any atom is 0.251 e. The van der Waals surface area contributed by atoms with Crippen LogP contribution in [0.1, 0.15) is 15.9 Å². The Labute approximate surface area is 130 Å². The number of rotatable bonds is 4. The Morgan fingerprint density at radius 1 is 1.23 bits per heavy atom. The Morgan fingerprint density at radius 2 is 2.00 bits per heavy atom. The number of nitrogens with zero attached hydrogens (tertiary/aromatic N) is 4. The third-order valence-corrected chi connectivity index (χ3v) is 3.58. The molecular formula is C14H12N6OS. The monoisotopic (exact) mass is 312 g/mol. The molecule has 7 nitrogen and oxygen atoms in total. The summed E-state index contributed by atoms with van der Waals surface area (Å²) in [6.07, 6.45) is 3.26. The summed E-state index contributed by atoms with van der Waals surface area (Å²) >= 11 is 1.16. The van der Waals surface area contributed by atoms with Crippen molar-refractivity contribution in [3.63, 3.8) is 0 Å². The lowest BCUT2D eigenvalue weighted by atomic mass is 10.2. The van der Waals surface area contributed by atoms with Gasteiger partial charge in [-0.25, -0.2) is 4.98 Å². The Hall–Kier alpha value is -2.87. The van der Waals surface area contributed by atoms with Crippen LogP contribution in [0.15, 0.2) is 36.7 Å². The minimum absolute atomic E-state index is 0.292. The number of aryl methyl sites for hydroxylation is 1. The fourth-order valence-electron chi connectivity index (χ4n) is 1.87. The minimum atomic E-state index is -0.562. The molecule has 8 heteroatoms. The Morgan fingerprint density at radius 3 is 2.77 bits per heavy atom. The largest absolute Gasteiger partial charge is 0.366 e. The number of hydrogen-bond acceptors (Lipinski definition) is 7. The van der Waals surface area contributed by atoms with Crippen LogP contribution in [-0.4, -0.2) is 25.2 Å². The number of aromatic nitrogens is 4. The van der Waals surface area contributed by atoms with Crippen molar-refractivity contribution < 1.29 is 4.79 Å². The second kappa shape index (κ2) is 5.86. The van der Waals surface area contributed by atoms with Gasteiger partial charge in [-0.2, -0.15) is 9.36 Å². The van der Waals surface area contributed by atoms with Crippen LogP contribution >= 0.6 is 11.5 Å². The van der Waals surface area contributed by atoms with Gasteiger partial charge in [0.2, 0.25) is 5.13 Å². The summed E-state index contributed by atoms with van der Waals surface area (Å²) in [4.78, 5) is 24.2. The highest BCUT2D eigenvalue weighted by Crippen LogP contribution is 2.24. The number of anilines is 2. The Bertz CT molecular complexity index is 831. The molecule has 22 heavy (non-hydrogen) atoms. The van der Waals surface area contributed by atoms with Crippen LogP contribution in [0.3, 0.4) is 0 Å². The van der Waals surface area contributed by atoms with E-state index < -0.39 is 5.91 Å². The molecule has 0 spiro atoms. The van der Waals surface area contributed by atoms with E-state index in [0.717, 1.165) is 17.1 Å². The van der Waals surface area contributed by atoms with E-state index in [0.29, 0.717) is 28.0 Å². The van der Waals surface area contributed by atoms with E-state index >= 15 is 0 Å². The van der Waals surface area contributed by atoms with Crippen LogP contribution in [0.4, 0.5) is 10.9 Å². The van der Waals surface area contributed by atoms with Gasteiger partial charge in [0.05, 0.1) is 5.56 Å². The average molecular weight is 312 g/mol. The van der Waals surface area contributed by atoms with Gasteiger partial charge in [-0.05, 0) is 30.7 Å². The van der Waals surface area contributed by atoms with Crippen LogP contribution in [0.2, 0.25) is 0 Å². The molecule has 3 rings (SSSR count). The molecule has 0 bridgehead atoms. The summed E-state index contributed by atoms with van der Waals surface area (Å²) in [5.74, 6) is 0.504. The van der Waals surface area contributed by atoms with E-state index in [9.17, 15) is 4.79 Å². The molecule has 3 aromatic heterocycles. The standard InChI is InChI=1S/C14H12N6OS/c1-8-4-2-7-17-12(8)18-14-19-13(20-22-14)10-9(11(15)21)5-3-6-16-10/h2-7H,1H3,(H2,15,21)(H,17,18,19,20). The molecule has 0 aliphatic heterocycles. The Balaban J connectivity index is 1.92. The molecule has 0 saturated carbocycles. The zero-order chi connectivity index (χ0) is 15.5. The van der Waals surface area contributed by atoms with E-state index in [1.807, 2.05) is 19.1 Å². The third-order valence-electron chi connectivity index (χ3n) is 2.95. The molecule has 0 aromatic carbocycles. The molecule has 3 heterocycles. The van der Waals surface area contributed by atoms with Gasteiger partial charge in [-0.3, -0.25) is 9.78 Å². The zero-order valence-corrected chi connectivity index (χ0v) is 12.5. The van der Waals surface area contributed by atoms with Crippen molar-refractivity contribution in [2.75, 3.05) is 5.32 Å². The molecule has 0 unspecified atom stereocenters. The zero-order valence-electron chi connectivity index (χ0n) is 11.6. The number of nitrogens with one attached hydrogen (secondary N) is 1. The number of pyridine rings is 2. The van der Waals surface area contributed by atoms with Gasteiger partial charge >= 0.3 is 0 Å². The second-order valence-corrected chi connectivity index (χ2v) is 5.23.